The highest BCUT2D eigenvalue weighted by Crippen LogP contribution is 2.34. The monoisotopic (exact) mass is 283 g/mol. The first-order valence-corrected chi connectivity index (χ1v) is 7.62. The highest BCUT2D eigenvalue weighted by Gasteiger charge is 2.18. The van der Waals surface area contributed by atoms with E-state index in [1.54, 1.807) is 6.07 Å². The molecule has 1 heterocycles. The molecule has 1 aliphatic rings. The number of carbonyl (C=O) groups is 1. The van der Waals surface area contributed by atoms with E-state index in [0.717, 1.165) is 11.4 Å². The fraction of sp³-hybridized carbons (Fsp3) is 0.389. The Morgan fingerprint density at radius 1 is 1.19 bits per heavy atom. The van der Waals surface area contributed by atoms with Gasteiger partial charge in [0.2, 0.25) is 0 Å². The molecule has 110 valence electrons. The summed E-state index contributed by atoms with van der Waals surface area (Å²) in [6.45, 7) is 3.67. The average Bonchev–Trinajstić information content (AvgIpc) is 3.08. The number of benzene rings is 1. The predicted molar refractivity (Wildman–Crippen MR) is 83.8 cm³/mol. The topological polar surface area (TPSA) is 42.2 Å². The minimum atomic E-state index is -0.104. The molecular weight excluding hydrogens is 262 g/mol. The first-order valence-electron chi connectivity index (χ1n) is 7.62. The van der Waals surface area contributed by atoms with Crippen molar-refractivity contribution < 1.29 is 9.21 Å². The lowest BCUT2D eigenvalue weighted by atomic mass is 9.97. The van der Waals surface area contributed by atoms with Crippen LogP contribution < -0.4 is 5.32 Å². The van der Waals surface area contributed by atoms with Crippen LogP contribution in [0.25, 0.3) is 0 Å². The van der Waals surface area contributed by atoms with Gasteiger partial charge in [0.1, 0.15) is 11.5 Å². The van der Waals surface area contributed by atoms with Crippen molar-refractivity contribution in [3.05, 3.63) is 53.0 Å². The third-order valence-corrected chi connectivity index (χ3v) is 4.26. The summed E-state index contributed by atoms with van der Waals surface area (Å²) in [5.74, 6) is 1.97. The van der Waals surface area contributed by atoms with E-state index in [9.17, 15) is 4.79 Å². The van der Waals surface area contributed by atoms with Crippen LogP contribution in [-0.2, 0) is 0 Å². The molecule has 21 heavy (non-hydrogen) atoms. The van der Waals surface area contributed by atoms with Gasteiger partial charge in [0, 0.05) is 5.69 Å². The molecule has 3 heteroatoms. The number of hydrogen-bond donors (Lipinski definition) is 1. The van der Waals surface area contributed by atoms with Crippen LogP contribution in [-0.4, -0.2) is 5.91 Å². The van der Waals surface area contributed by atoms with Gasteiger partial charge in [0.15, 0.2) is 0 Å². The molecule has 0 bridgehead atoms. The smallest absolute Gasteiger partial charge is 0.259 e. The van der Waals surface area contributed by atoms with Crippen molar-refractivity contribution >= 4 is 11.6 Å². The van der Waals surface area contributed by atoms with E-state index < -0.39 is 0 Å². The van der Waals surface area contributed by atoms with Crippen LogP contribution in [0.5, 0.6) is 0 Å². The van der Waals surface area contributed by atoms with Crippen molar-refractivity contribution in [3.8, 4) is 0 Å². The maximum atomic E-state index is 12.3. The summed E-state index contributed by atoms with van der Waals surface area (Å²) in [5.41, 5.74) is 2.81. The van der Waals surface area contributed by atoms with E-state index in [2.05, 4.69) is 17.4 Å². The highest BCUT2D eigenvalue weighted by molar-refractivity contribution is 6.05. The normalized spacial score (nSPS) is 15.3. The van der Waals surface area contributed by atoms with Crippen molar-refractivity contribution in [3.63, 3.8) is 0 Å². The molecule has 3 rings (SSSR count). The Labute approximate surface area is 125 Å². The SMILES string of the molecule is Cc1cc(C(=O)Nc2cccc(C3CCCC3)c2)c(C)o1. The van der Waals surface area contributed by atoms with Crippen molar-refractivity contribution in [2.75, 3.05) is 5.32 Å². The zero-order valence-corrected chi connectivity index (χ0v) is 12.6. The van der Waals surface area contributed by atoms with Gasteiger partial charge in [-0.1, -0.05) is 25.0 Å². The lowest BCUT2D eigenvalue weighted by molar-refractivity contribution is 0.102. The maximum absolute atomic E-state index is 12.3. The molecule has 3 nitrogen and oxygen atoms in total. The summed E-state index contributed by atoms with van der Waals surface area (Å²) in [6, 6.07) is 10.0. The van der Waals surface area contributed by atoms with Crippen LogP contribution in [0.15, 0.2) is 34.7 Å². The van der Waals surface area contributed by atoms with E-state index in [4.69, 9.17) is 4.42 Å². The summed E-state index contributed by atoms with van der Waals surface area (Å²) >= 11 is 0. The molecule has 0 saturated heterocycles. The first kappa shape index (κ1) is 13.9. The third kappa shape index (κ3) is 3.02. The van der Waals surface area contributed by atoms with E-state index in [1.807, 2.05) is 26.0 Å². The molecule has 0 radical (unpaired) electrons. The van der Waals surface area contributed by atoms with Crippen LogP contribution in [0.2, 0.25) is 0 Å². The van der Waals surface area contributed by atoms with Crippen molar-refractivity contribution in [1.29, 1.82) is 0 Å². The summed E-state index contributed by atoms with van der Waals surface area (Å²) in [4.78, 5) is 12.3. The van der Waals surface area contributed by atoms with E-state index >= 15 is 0 Å². The number of anilines is 1. The second-order valence-electron chi connectivity index (χ2n) is 5.89. The fourth-order valence-corrected chi connectivity index (χ4v) is 3.18. The molecule has 1 aromatic heterocycles. The Morgan fingerprint density at radius 3 is 2.62 bits per heavy atom. The van der Waals surface area contributed by atoms with Crippen molar-refractivity contribution in [2.45, 2.75) is 45.4 Å². The first-order chi connectivity index (χ1) is 10.1. The Morgan fingerprint density at radius 2 is 1.95 bits per heavy atom. The number of amides is 1. The van der Waals surface area contributed by atoms with Crippen LogP contribution in [0.3, 0.4) is 0 Å². The second kappa shape index (κ2) is 5.76. The number of aryl methyl sites for hydroxylation is 2. The zero-order valence-electron chi connectivity index (χ0n) is 12.6. The maximum Gasteiger partial charge on any atom is 0.259 e. The molecule has 1 N–H and O–H groups in total. The van der Waals surface area contributed by atoms with Gasteiger partial charge in [-0.15, -0.1) is 0 Å². The minimum Gasteiger partial charge on any atom is -0.466 e. The van der Waals surface area contributed by atoms with E-state index in [-0.39, 0.29) is 5.91 Å². The standard InChI is InChI=1S/C18H21NO2/c1-12-10-17(13(2)21-12)18(20)19-16-9-5-8-15(11-16)14-6-3-4-7-14/h5,8-11,14H,3-4,6-7H2,1-2H3,(H,19,20). The summed E-state index contributed by atoms with van der Waals surface area (Å²) < 4.78 is 5.42. The molecule has 1 aliphatic carbocycles. The molecular formula is C18H21NO2. The molecule has 2 aromatic rings. The molecule has 0 spiro atoms. The molecule has 1 aromatic carbocycles. The molecule has 0 unspecified atom stereocenters. The van der Waals surface area contributed by atoms with Gasteiger partial charge in [-0.3, -0.25) is 4.79 Å². The summed E-state index contributed by atoms with van der Waals surface area (Å²) in [6.07, 6.45) is 5.15. The van der Waals surface area contributed by atoms with Crippen LogP contribution in [0, 0.1) is 13.8 Å². The van der Waals surface area contributed by atoms with Gasteiger partial charge < -0.3 is 9.73 Å². The van der Waals surface area contributed by atoms with Gasteiger partial charge >= 0.3 is 0 Å². The lowest BCUT2D eigenvalue weighted by Gasteiger charge is -2.11. The van der Waals surface area contributed by atoms with Crippen molar-refractivity contribution in [1.82, 2.24) is 0 Å². The molecule has 1 saturated carbocycles. The largest absolute Gasteiger partial charge is 0.466 e. The van der Waals surface area contributed by atoms with Crippen LogP contribution >= 0.6 is 0 Å². The molecule has 0 aliphatic heterocycles. The summed E-state index contributed by atoms with van der Waals surface area (Å²) in [7, 11) is 0. The van der Waals surface area contributed by atoms with E-state index in [1.165, 1.54) is 31.2 Å². The fourth-order valence-electron chi connectivity index (χ4n) is 3.18. The minimum absolute atomic E-state index is 0.104. The Bertz CT molecular complexity index is 651. The molecule has 1 amide bonds. The van der Waals surface area contributed by atoms with Gasteiger partial charge in [-0.05, 0) is 56.4 Å². The van der Waals surface area contributed by atoms with Crippen LogP contribution in [0.4, 0.5) is 5.69 Å². The molecule has 1 fully saturated rings. The quantitative estimate of drug-likeness (QED) is 0.878. The third-order valence-electron chi connectivity index (χ3n) is 4.26. The van der Waals surface area contributed by atoms with Gasteiger partial charge in [0.05, 0.1) is 5.56 Å². The van der Waals surface area contributed by atoms with E-state index in [0.29, 0.717) is 17.2 Å². The summed E-state index contributed by atoms with van der Waals surface area (Å²) in [5, 5.41) is 2.98. The molecule has 0 atom stereocenters. The Balaban J connectivity index is 1.77. The average molecular weight is 283 g/mol. The van der Waals surface area contributed by atoms with Gasteiger partial charge in [-0.2, -0.15) is 0 Å². The number of furan rings is 1. The number of nitrogens with one attached hydrogen (secondary N) is 1. The lowest BCUT2D eigenvalue weighted by Crippen LogP contribution is -2.12. The number of carbonyl (C=O) groups excluding carboxylic acids is 1. The van der Waals surface area contributed by atoms with Crippen molar-refractivity contribution in [2.24, 2.45) is 0 Å². The zero-order chi connectivity index (χ0) is 14.8. The highest BCUT2D eigenvalue weighted by atomic mass is 16.3. The number of hydrogen-bond acceptors (Lipinski definition) is 2. The second-order valence-corrected chi connectivity index (χ2v) is 5.89. The van der Waals surface area contributed by atoms with Gasteiger partial charge in [-0.25, -0.2) is 0 Å². The Hall–Kier alpha value is -2.03. The van der Waals surface area contributed by atoms with Gasteiger partial charge in [0.25, 0.3) is 5.91 Å². The predicted octanol–water partition coefficient (Wildman–Crippen LogP) is 4.81. The number of rotatable bonds is 3. The van der Waals surface area contributed by atoms with Crippen LogP contribution in [0.1, 0.15) is 59.0 Å². The Kier molecular flexibility index (Phi) is 3.82.